The van der Waals surface area contributed by atoms with Gasteiger partial charge in [-0.2, -0.15) is 0 Å². The lowest BCUT2D eigenvalue weighted by molar-refractivity contribution is 0.0512. The van der Waals surface area contributed by atoms with Gasteiger partial charge in [0.05, 0.1) is 11.4 Å². The molecule has 138 valence electrons. The molecule has 2 rings (SSSR count). The molecule has 0 saturated heterocycles. The summed E-state index contributed by atoms with van der Waals surface area (Å²) in [5.74, 6) is 0.152. The largest absolute Gasteiger partial charge is 0.395 e. The van der Waals surface area contributed by atoms with Crippen LogP contribution in [-0.4, -0.2) is 34.6 Å². The van der Waals surface area contributed by atoms with Crippen LogP contribution >= 0.6 is 0 Å². The quantitative estimate of drug-likeness (QED) is 0.532. The van der Waals surface area contributed by atoms with Gasteiger partial charge in [-0.3, -0.25) is 9.97 Å². The Balaban J connectivity index is 1.77. The molecule has 0 amide bonds. The first-order valence-electron chi connectivity index (χ1n) is 8.67. The van der Waals surface area contributed by atoms with Gasteiger partial charge >= 0.3 is 0 Å². The highest BCUT2D eigenvalue weighted by Gasteiger charge is 2.06. The Morgan fingerprint density at radius 3 is 1.65 bits per heavy atom. The van der Waals surface area contributed by atoms with E-state index in [1.165, 1.54) is 0 Å². The van der Waals surface area contributed by atoms with Crippen LogP contribution in [0.2, 0.25) is 0 Å². The monoisotopic (exact) mass is 354 g/mol. The highest BCUT2D eigenvalue weighted by molar-refractivity contribution is 5.96. The van der Waals surface area contributed by atoms with Crippen molar-refractivity contribution in [2.75, 3.05) is 13.2 Å². The Labute approximate surface area is 155 Å². The van der Waals surface area contributed by atoms with Crippen LogP contribution in [0.15, 0.2) is 46.7 Å². The number of pyridine rings is 2. The number of hydrogen-bond acceptors (Lipinski definition) is 6. The molecule has 2 aromatic heterocycles. The zero-order valence-electron chi connectivity index (χ0n) is 16.1. The third-order valence-electron chi connectivity index (χ3n) is 3.64. The molecular weight excluding hydrogens is 328 g/mol. The Hall–Kier alpha value is -2.76. The smallest absolute Gasteiger partial charge is 0.123 e. The summed E-state index contributed by atoms with van der Waals surface area (Å²) in [4.78, 5) is 19.7. The molecule has 2 heterocycles. The molecule has 0 fully saturated rings. The predicted molar refractivity (Wildman–Crippen MR) is 103 cm³/mol. The zero-order valence-corrected chi connectivity index (χ0v) is 16.1. The highest BCUT2D eigenvalue weighted by Crippen LogP contribution is 2.04. The van der Waals surface area contributed by atoms with E-state index in [4.69, 9.17) is 9.68 Å². The van der Waals surface area contributed by atoms with Crippen LogP contribution in [0.1, 0.15) is 43.5 Å². The van der Waals surface area contributed by atoms with Gasteiger partial charge < -0.3 is 9.68 Å². The summed E-state index contributed by atoms with van der Waals surface area (Å²) in [6, 6.07) is 11.6. The van der Waals surface area contributed by atoms with Gasteiger partial charge in [0.2, 0.25) is 0 Å². The molecule has 0 aromatic carbocycles. The number of aryl methyl sites for hydroxylation is 2. The molecule has 2 aromatic rings. The number of nitrogens with zero attached hydrogens (tertiary/aromatic N) is 4. The van der Waals surface area contributed by atoms with E-state index in [2.05, 4.69) is 20.3 Å². The first-order valence-corrected chi connectivity index (χ1v) is 8.67. The summed E-state index contributed by atoms with van der Waals surface area (Å²) in [7, 11) is 0. The standard InChI is InChI=1S/C20H26N4O2/c1-14(12-25-23-17(4)19-10-6-8-15(2)21-19)13-26-24-18(5)20-11-7-9-16(3)22-20/h6-11,14H,12-13H2,1-5H3. The van der Waals surface area contributed by atoms with Crippen molar-refractivity contribution < 1.29 is 9.68 Å². The molecule has 6 heteroatoms. The topological polar surface area (TPSA) is 69.0 Å². The minimum absolute atomic E-state index is 0.152. The van der Waals surface area contributed by atoms with Crippen LogP contribution in [0.3, 0.4) is 0 Å². The van der Waals surface area contributed by atoms with E-state index in [9.17, 15) is 0 Å². The molecule has 0 aliphatic carbocycles. The minimum Gasteiger partial charge on any atom is -0.395 e. The normalized spacial score (nSPS) is 13.4. The number of hydrogen-bond donors (Lipinski definition) is 0. The van der Waals surface area contributed by atoms with Gasteiger partial charge in [0.1, 0.15) is 24.6 Å². The third kappa shape index (κ3) is 6.27. The summed E-state index contributed by atoms with van der Waals surface area (Å²) in [6.07, 6.45) is 0. The molecule has 0 unspecified atom stereocenters. The predicted octanol–water partition coefficient (Wildman–Crippen LogP) is 3.91. The maximum absolute atomic E-state index is 5.42. The summed E-state index contributed by atoms with van der Waals surface area (Å²) >= 11 is 0. The molecule has 6 nitrogen and oxygen atoms in total. The van der Waals surface area contributed by atoms with E-state index < -0.39 is 0 Å². The second-order valence-electron chi connectivity index (χ2n) is 6.38. The molecule has 0 bridgehead atoms. The Morgan fingerprint density at radius 1 is 0.846 bits per heavy atom. The molecular formula is C20H26N4O2. The fourth-order valence-electron chi connectivity index (χ4n) is 2.15. The van der Waals surface area contributed by atoms with Crippen molar-refractivity contribution in [2.45, 2.75) is 34.6 Å². The average molecular weight is 354 g/mol. The van der Waals surface area contributed by atoms with Crippen molar-refractivity contribution in [3.05, 3.63) is 59.2 Å². The lowest BCUT2D eigenvalue weighted by Gasteiger charge is -2.09. The lowest BCUT2D eigenvalue weighted by Crippen LogP contribution is -2.11. The lowest BCUT2D eigenvalue weighted by atomic mass is 10.2. The van der Waals surface area contributed by atoms with E-state index in [-0.39, 0.29) is 5.92 Å². The Morgan fingerprint density at radius 2 is 1.27 bits per heavy atom. The maximum atomic E-state index is 5.42. The van der Waals surface area contributed by atoms with Crippen LogP contribution < -0.4 is 0 Å². The van der Waals surface area contributed by atoms with Crippen molar-refractivity contribution in [3.8, 4) is 0 Å². The number of aromatic nitrogens is 2. The van der Waals surface area contributed by atoms with Gasteiger partial charge in [0.25, 0.3) is 0 Å². The van der Waals surface area contributed by atoms with Crippen molar-refractivity contribution in [1.82, 2.24) is 9.97 Å². The van der Waals surface area contributed by atoms with E-state index in [1.54, 1.807) is 0 Å². The van der Waals surface area contributed by atoms with Crippen molar-refractivity contribution in [1.29, 1.82) is 0 Å². The fraction of sp³-hybridized carbons (Fsp3) is 0.400. The first-order chi connectivity index (χ1) is 12.5. The summed E-state index contributed by atoms with van der Waals surface area (Å²) in [6.45, 7) is 10.6. The molecule has 0 atom stereocenters. The van der Waals surface area contributed by atoms with Crippen molar-refractivity contribution in [2.24, 2.45) is 16.2 Å². The molecule has 0 spiro atoms. The van der Waals surface area contributed by atoms with E-state index in [0.717, 1.165) is 34.2 Å². The molecule has 0 aliphatic heterocycles. The second kappa shape index (κ2) is 9.65. The highest BCUT2D eigenvalue weighted by atomic mass is 16.6. The van der Waals surface area contributed by atoms with Crippen LogP contribution in [0, 0.1) is 19.8 Å². The van der Waals surface area contributed by atoms with Crippen LogP contribution in [0.5, 0.6) is 0 Å². The second-order valence-corrected chi connectivity index (χ2v) is 6.38. The van der Waals surface area contributed by atoms with Gasteiger partial charge in [0.15, 0.2) is 0 Å². The molecule has 26 heavy (non-hydrogen) atoms. The van der Waals surface area contributed by atoms with Crippen molar-refractivity contribution in [3.63, 3.8) is 0 Å². The fourth-order valence-corrected chi connectivity index (χ4v) is 2.15. The summed E-state index contributed by atoms with van der Waals surface area (Å²) in [5.41, 5.74) is 5.05. The molecule has 0 N–H and O–H groups in total. The number of oxime groups is 2. The molecule has 0 aliphatic rings. The van der Waals surface area contributed by atoms with Gasteiger partial charge in [0, 0.05) is 17.3 Å². The first kappa shape index (κ1) is 19.6. The number of rotatable bonds is 8. The van der Waals surface area contributed by atoms with Gasteiger partial charge in [-0.25, -0.2) is 0 Å². The van der Waals surface area contributed by atoms with Crippen LogP contribution in [0.4, 0.5) is 0 Å². The van der Waals surface area contributed by atoms with Crippen LogP contribution in [0.25, 0.3) is 0 Å². The SMILES string of the molecule is CC(=NOCC(C)CON=C(C)c1cccc(C)n1)c1cccc(C)n1. The van der Waals surface area contributed by atoms with E-state index in [0.29, 0.717) is 13.2 Å². The van der Waals surface area contributed by atoms with Gasteiger partial charge in [-0.15, -0.1) is 0 Å². The van der Waals surface area contributed by atoms with Gasteiger partial charge in [-0.1, -0.05) is 29.4 Å². The Bertz CT molecular complexity index is 721. The van der Waals surface area contributed by atoms with E-state index in [1.807, 2.05) is 71.0 Å². The minimum atomic E-state index is 0.152. The maximum Gasteiger partial charge on any atom is 0.123 e. The molecule has 0 saturated carbocycles. The Kier molecular flexibility index (Phi) is 7.26. The van der Waals surface area contributed by atoms with E-state index >= 15 is 0 Å². The third-order valence-corrected chi connectivity index (χ3v) is 3.64. The van der Waals surface area contributed by atoms with Crippen molar-refractivity contribution >= 4 is 11.4 Å². The summed E-state index contributed by atoms with van der Waals surface area (Å²) < 4.78 is 0. The van der Waals surface area contributed by atoms with Crippen LogP contribution in [-0.2, 0) is 9.68 Å². The average Bonchev–Trinajstić information content (AvgIpc) is 2.61. The molecule has 0 radical (unpaired) electrons. The van der Waals surface area contributed by atoms with Gasteiger partial charge in [-0.05, 0) is 52.0 Å². The summed E-state index contributed by atoms with van der Waals surface area (Å²) in [5, 5.41) is 8.26. The zero-order chi connectivity index (χ0) is 18.9.